The number of thioether (sulfide) groups is 1. The lowest BCUT2D eigenvalue weighted by atomic mass is 9.80. The van der Waals surface area contributed by atoms with Crippen LogP contribution in [0.3, 0.4) is 0 Å². The summed E-state index contributed by atoms with van der Waals surface area (Å²) in [5, 5.41) is 1.96. The number of carbonyl (C=O) groups excluding carboxylic acids is 1. The van der Waals surface area contributed by atoms with Crippen LogP contribution in [-0.4, -0.2) is 10.7 Å². The van der Waals surface area contributed by atoms with E-state index in [0.717, 1.165) is 33.7 Å². The second-order valence-corrected chi connectivity index (χ2v) is 9.62. The van der Waals surface area contributed by atoms with Gasteiger partial charge in [0.05, 0.1) is 17.6 Å². The monoisotopic (exact) mass is 449 g/mol. The van der Waals surface area contributed by atoms with E-state index in [9.17, 15) is 4.79 Å². The van der Waals surface area contributed by atoms with Crippen LogP contribution in [0.25, 0.3) is 0 Å². The zero-order chi connectivity index (χ0) is 22.3. The number of fused-ring (bicyclic) bond motifs is 1. The third kappa shape index (κ3) is 3.29. The summed E-state index contributed by atoms with van der Waals surface area (Å²) in [6.45, 7) is 0. The maximum absolute atomic E-state index is 14.2. The molecule has 0 aliphatic carbocycles. The Morgan fingerprint density at radius 1 is 0.727 bits per heavy atom. The molecule has 2 aliphatic rings. The highest BCUT2D eigenvalue weighted by Crippen LogP contribution is 2.60. The van der Waals surface area contributed by atoms with Gasteiger partial charge in [-0.1, -0.05) is 103 Å². The molecule has 4 heteroatoms. The number of para-hydroxylation sites is 1. The van der Waals surface area contributed by atoms with Gasteiger partial charge in [0.15, 0.2) is 0 Å². The highest BCUT2D eigenvalue weighted by molar-refractivity contribution is 8.00. The van der Waals surface area contributed by atoms with Crippen LogP contribution in [0.1, 0.15) is 39.0 Å². The van der Waals surface area contributed by atoms with E-state index in [-0.39, 0.29) is 17.7 Å². The highest BCUT2D eigenvalue weighted by Gasteiger charge is 2.62. The molecule has 2 aliphatic heterocycles. The molecule has 0 saturated carbocycles. The number of hydrogen-bond acceptors (Lipinski definition) is 4. The average Bonchev–Trinajstić information content (AvgIpc) is 3.24. The van der Waals surface area contributed by atoms with Gasteiger partial charge in [0.1, 0.15) is 0 Å². The molecule has 4 aromatic carbocycles. The predicted octanol–water partition coefficient (Wildman–Crippen LogP) is 6.79. The fourth-order valence-corrected chi connectivity index (χ4v) is 6.48. The van der Waals surface area contributed by atoms with Crippen LogP contribution in [0.5, 0.6) is 0 Å². The molecule has 6 rings (SSSR count). The lowest BCUT2D eigenvalue weighted by Gasteiger charge is -2.35. The zero-order valence-corrected chi connectivity index (χ0v) is 18.8. The summed E-state index contributed by atoms with van der Waals surface area (Å²) in [6.07, 6.45) is 0. The van der Waals surface area contributed by atoms with E-state index in [1.165, 1.54) is 0 Å². The van der Waals surface area contributed by atoms with E-state index in [4.69, 9.17) is 4.84 Å². The molecule has 1 saturated heterocycles. The van der Waals surface area contributed by atoms with Crippen LogP contribution in [-0.2, 0) is 10.6 Å². The number of anilines is 1. The van der Waals surface area contributed by atoms with E-state index in [0.29, 0.717) is 0 Å². The zero-order valence-electron chi connectivity index (χ0n) is 18.0. The first-order valence-corrected chi connectivity index (χ1v) is 12.2. The largest absolute Gasteiger partial charge is 0.290 e. The van der Waals surface area contributed by atoms with Gasteiger partial charge in [-0.15, -0.1) is 11.8 Å². The summed E-state index contributed by atoms with van der Waals surface area (Å²) >= 11 is 1.61. The molecule has 0 radical (unpaired) electrons. The molecule has 0 bridgehead atoms. The molecule has 4 aromatic rings. The van der Waals surface area contributed by atoms with Gasteiger partial charge < -0.3 is 0 Å². The van der Waals surface area contributed by atoms with Crippen LogP contribution in [0.2, 0.25) is 0 Å². The molecule has 33 heavy (non-hydrogen) atoms. The van der Waals surface area contributed by atoms with Gasteiger partial charge in [0.25, 0.3) is 0 Å². The van der Waals surface area contributed by atoms with Crippen molar-refractivity contribution in [3.63, 3.8) is 0 Å². The molecule has 3 nitrogen and oxygen atoms in total. The first-order valence-electron chi connectivity index (χ1n) is 11.2. The van der Waals surface area contributed by atoms with Gasteiger partial charge in [-0.05, 0) is 28.8 Å². The summed E-state index contributed by atoms with van der Waals surface area (Å²) in [4.78, 5) is 20.0. The summed E-state index contributed by atoms with van der Waals surface area (Å²) in [5.74, 6) is 0.588. The fourth-order valence-electron chi connectivity index (χ4n) is 5.04. The Morgan fingerprint density at radius 3 is 2.00 bits per heavy atom. The summed E-state index contributed by atoms with van der Waals surface area (Å²) in [7, 11) is 0. The lowest BCUT2D eigenvalue weighted by Crippen LogP contribution is -2.43. The second kappa shape index (κ2) is 8.22. The standard InChI is InChI=1S/C29H23NO2S/c31-28-25-19-11-10-16-23(25)20-33-29(28)26(21-12-4-1-5-13-21)27(22-14-6-2-7-15-22)30(32-29)24-17-8-3-9-18-24/h1-19,26-27H,20H2/t26-,27-,29?/m0/s1. The molecule has 162 valence electrons. The molecule has 0 aromatic heterocycles. The lowest BCUT2D eigenvalue weighted by molar-refractivity contribution is 0.0386. The number of carbonyl (C=O) groups is 1. The molecular weight excluding hydrogens is 426 g/mol. The molecule has 0 amide bonds. The topological polar surface area (TPSA) is 29.5 Å². The summed E-state index contributed by atoms with van der Waals surface area (Å²) in [5.41, 5.74) is 5.00. The third-order valence-corrected chi connectivity index (χ3v) is 7.94. The number of Topliss-reactive ketones (excluding diaryl/α,β-unsaturated/α-hetero) is 1. The molecular formula is C29H23NO2S. The van der Waals surface area contributed by atoms with Gasteiger partial charge in [-0.25, -0.2) is 9.90 Å². The number of nitrogens with zero attached hydrogens (tertiary/aromatic N) is 1. The van der Waals surface area contributed by atoms with Crippen LogP contribution < -0.4 is 5.06 Å². The van der Waals surface area contributed by atoms with Crippen LogP contribution in [0.15, 0.2) is 115 Å². The minimum Gasteiger partial charge on any atom is -0.290 e. The van der Waals surface area contributed by atoms with Crippen molar-refractivity contribution in [1.29, 1.82) is 0 Å². The van der Waals surface area contributed by atoms with Crippen molar-refractivity contribution in [2.75, 3.05) is 5.06 Å². The van der Waals surface area contributed by atoms with Crippen LogP contribution >= 0.6 is 11.8 Å². The van der Waals surface area contributed by atoms with E-state index >= 15 is 0 Å². The molecule has 0 N–H and O–H groups in total. The van der Waals surface area contributed by atoms with Crippen molar-refractivity contribution in [3.8, 4) is 0 Å². The van der Waals surface area contributed by atoms with E-state index < -0.39 is 4.93 Å². The molecule has 1 unspecified atom stereocenters. The van der Waals surface area contributed by atoms with Gasteiger partial charge in [0.2, 0.25) is 10.7 Å². The van der Waals surface area contributed by atoms with E-state index in [1.54, 1.807) is 11.8 Å². The van der Waals surface area contributed by atoms with Gasteiger partial charge in [-0.3, -0.25) is 4.79 Å². The van der Waals surface area contributed by atoms with Crippen molar-refractivity contribution < 1.29 is 9.63 Å². The van der Waals surface area contributed by atoms with Crippen LogP contribution in [0.4, 0.5) is 5.69 Å². The highest BCUT2D eigenvalue weighted by atomic mass is 32.2. The summed E-state index contributed by atoms with van der Waals surface area (Å²) in [6, 6.07) is 38.6. The Hall–Kier alpha value is -3.34. The number of ketones is 1. The minimum absolute atomic E-state index is 0.0440. The van der Waals surface area contributed by atoms with Crippen molar-refractivity contribution in [2.45, 2.75) is 22.6 Å². The van der Waals surface area contributed by atoms with Crippen molar-refractivity contribution in [3.05, 3.63) is 138 Å². The average molecular weight is 450 g/mol. The minimum atomic E-state index is -1.05. The van der Waals surface area contributed by atoms with Crippen molar-refractivity contribution in [1.82, 2.24) is 0 Å². The number of hydrogen-bond donors (Lipinski definition) is 0. The van der Waals surface area contributed by atoms with E-state index in [1.807, 2.05) is 83.9 Å². The Balaban J connectivity index is 1.59. The Kier molecular flexibility index (Phi) is 5.05. The van der Waals surface area contributed by atoms with Gasteiger partial charge >= 0.3 is 0 Å². The maximum atomic E-state index is 14.2. The first kappa shape index (κ1) is 20.3. The summed E-state index contributed by atoms with van der Waals surface area (Å²) < 4.78 is 0. The number of rotatable bonds is 3. The Labute approximate surface area is 198 Å². The fraction of sp³-hybridized carbons (Fsp3) is 0.138. The van der Waals surface area contributed by atoms with Crippen molar-refractivity contribution in [2.24, 2.45) is 0 Å². The number of hydroxylamine groups is 1. The third-order valence-electron chi connectivity index (χ3n) is 6.54. The first-order chi connectivity index (χ1) is 16.3. The molecule has 3 atom stereocenters. The molecule has 2 heterocycles. The quantitative estimate of drug-likeness (QED) is 0.344. The second-order valence-electron chi connectivity index (χ2n) is 8.44. The number of benzene rings is 4. The van der Waals surface area contributed by atoms with Crippen LogP contribution in [0, 0.1) is 0 Å². The maximum Gasteiger partial charge on any atom is 0.213 e. The van der Waals surface area contributed by atoms with Gasteiger partial charge in [-0.2, -0.15) is 0 Å². The van der Waals surface area contributed by atoms with E-state index in [2.05, 4.69) is 36.4 Å². The molecule has 1 spiro atoms. The SMILES string of the molecule is O=C1c2ccccc2CSC12ON(c1ccccc1)[C@@H](c1ccccc1)[C@@H]2c1ccccc1. The van der Waals surface area contributed by atoms with Gasteiger partial charge in [0, 0.05) is 11.3 Å². The normalized spacial score (nSPS) is 24.1. The predicted molar refractivity (Wildman–Crippen MR) is 133 cm³/mol. The Morgan fingerprint density at radius 2 is 1.30 bits per heavy atom. The Bertz CT molecular complexity index is 1280. The molecule has 1 fully saturated rings. The smallest absolute Gasteiger partial charge is 0.213 e. The van der Waals surface area contributed by atoms with Crippen molar-refractivity contribution >= 4 is 23.2 Å².